The molecule has 96 valence electrons. The predicted octanol–water partition coefficient (Wildman–Crippen LogP) is 2.57. The highest BCUT2D eigenvalue weighted by atomic mass is 16.5. The van der Waals surface area contributed by atoms with Crippen molar-refractivity contribution in [3.8, 4) is 5.75 Å². The molecule has 0 aliphatic heterocycles. The molecule has 1 aliphatic carbocycles. The molecule has 2 rings (SSSR count). The molecule has 0 heterocycles. The summed E-state index contributed by atoms with van der Waals surface area (Å²) in [6.45, 7) is 0. The number of allylic oxidation sites excluding steroid dienone is 2. The molecule has 4 heteroatoms. The van der Waals surface area contributed by atoms with Gasteiger partial charge in [-0.25, -0.2) is 0 Å². The molecule has 0 saturated heterocycles. The Morgan fingerprint density at radius 2 is 2.28 bits per heavy atom. The van der Waals surface area contributed by atoms with Crippen LogP contribution < -0.4 is 15.8 Å². The Hall–Kier alpha value is -1.97. The van der Waals surface area contributed by atoms with E-state index >= 15 is 0 Å². The number of anilines is 2. The molecule has 18 heavy (non-hydrogen) atoms. The highest BCUT2D eigenvalue weighted by Crippen LogP contribution is 2.26. The Balaban J connectivity index is 2.08. The molecule has 0 aromatic heterocycles. The summed E-state index contributed by atoms with van der Waals surface area (Å²) in [5.74, 6) is 0.753. The summed E-state index contributed by atoms with van der Waals surface area (Å²) in [7, 11) is 1.59. The fourth-order valence-electron chi connectivity index (χ4n) is 2.04. The predicted molar refractivity (Wildman–Crippen MR) is 72.5 cm³/mol. The zero-order valence-corrected chi connectivity index (χ0v) is 10.5. The molecule has 1 aromatic carbocycles. The second-order valence-electron chi connectivity index (χ2n) is 4.42. The summed E-state index contributed by atoms with van der Waals surface area (Å²) in [6.07, 6.45) is 6.83. The molecule has 0 saturated carbocycles. The summed E-state index contributed by atoms with van der Waals surface area (Å²) < 4.78 is 5.12. The second kappa shape index (κ2) is 5.58. The number of amides is 1. The molecule has 0 radical (unpaired) electrons. The number of nitrogens with two attached hydrogens (primary N) is 1. The van der Waals surface area contributed by atoms with Crippen molar-refractivity contribution in [2.75, 3.05) is 18.2 Å². The monoisotopic (exact) mass is 246 g/mol. The number of nitrogen functional groups attached to an aromatic ring is 1. The topological polar surface area (TPSA) is 64.3 Å². The van der Waals surface area contributed by atoms with Crippen LogP contribution in [0.1, 0.15) is 19.3 Å². The van der Waals surface area contributed by atoms with E-state index in [1.54, 1.807) is 25.3 Å². The first-order valence-electron chi connectivity index (χ1n) is 6.10. The van der Waals surface area contributed by atoms with Gasteiger partial charge in [0, 0.05) is 12.0 Å². The third kappa shape index (κ3) is 2.83. The maximum Gasteiger partial charge on any atom is 0.227 e. The van der Waals surface area contributed by atoms with E-state index < -0.39 is 0 Å². The van der Waals surface area contributed by atoms with Crippen LogP contribution in [0.3, 0.4) is 0 Å². The van der Waals surface area contributed by atoms with Gasteiger partial charge in [0.15, 0.2) is 0 Å². The van der Waals surface area contributed by atoms with Crippen LogP contribution in [0.5, 0.6) is 5.75 Å². The fraction of sp³-hybridized carbons (Fsp3) is 0.357. The number of hydrogen-bond acceptors (Lipinski definition) is 3. The highest BCUT2D eigenvalue weighted by molar-refractivity contribution is 5.95. The lowest BCUT2D eigenvalue weighted by Crippen LogP contribution is -2.24. The molecule has 0 fully saturated rings. The number of benzene rings is 1. The van der Waals surface area contributed by atoms with Crippen molar-refractivity contribution in [1.82, 2.24) is 0 Å². The van der Waals surface area contributed by atoms with Gasteiger partial charge in [-0.05, 0) is 31.4 Å². The smallest absolute Gasteiger partial charge is 0.227 e. The Kier molecular flexibility index (Phi) is 3.87. The van der Waals surface area contributed by atoms with Crippen molar-refractivity contribution in [2.24, 2.45) is 5.92 Å². The first kappa shape index (κ1) is 12.5. The molecule has 3 N–H and O–H groups in total. The van der Waals surface area contributed by atoms with E-state index in [2.05, 4.69) is 17.5 Å². The maximum atomic E-state index is 12.1. The molecule has 4 nitrogen and oxygen atoms in total. The van der Waals surface area contributed by atoms with Gasteiger partial charge in [-0.1, -0.05) is 12.2 Å². The van der Waals surface area contributed by atoms with E-state index in [9.17, 15) is 4.79 Å². The van der Waals surface area contributed by atoms with E-state index in [-0.39, 0.29) is 11.8 Å². The molecule has 1 aromatic rings. The molecule has 0 spiro atoms. The molecule has 1 unspecified atom stereocenters. The van der Waals surface area contributed by atoms with Crippen molar-refractivity contribution in [3.05, 3.63) is 30.4 Å². The normalized spacial score (nSPS) is 18.4. The summed E-state index contributed by atoms with van der Waals surface area (Å²) in [4.78, 5) is 12.1. The second-order valence-corrected chi connectivity index (χ2v) is 4.42. The van der Waals surface area contributed by atoms with Crippen LogP contribution in [0.4, 0.5) is 11.4 Å². The number of carbonyl (C=O) groups excluding carboxylic acids is 1. The lowest BCUT2D eigenvalue weighted by molar-refractivity contribution is -0.120. The Morgan fingerprint density at radius 1 is 1.44 bits per heavy atom. The molecule has 1 amide bonds. The molecule has 1 aliphatic rings. The van der Waals surface area contributed by atoms with Gasteiger partial charge in [-0.3, -0.25) is 4.79 Å². The van der Waals surface area contributed by atoms with E-state index in [1.165, 1.54) is 0 Å². The number of nitrogens with one attached hydrogen (secondary N) is 1. The maximum absolute atomic E-state index is 12.1. The molecule has 0 bridgehead atoms. The van der Waals surface area contributed by atoms with Gasteiger partial charge in [0.1, 0.15) is 5.75 Å². The number of hydrogen-bond donors (Lipinski definition) is 2. The number of methoxy groups -OCH3 is 1. The minimum Gasteiger partial charge on any atom is -0.497 e. The quantitative estimate of drug-likeness (QED) is 0.636. The van der Waals surface area contributed by atoms with E-state index in [4.69, 9.17) is 10.5 Å². The fourth-order valence-corrected chi connectivity index (χ4v) is 2.04. The minimum atomic E-state index is 0.0271. The summed E-state index contributed by atoms with van der Waals surface area (Å²) >= 11 is 0. The standard InChI is InChI=1S/C14H18N2O2/c1-18-11-7-8-12(15)13(9-11)16-14(17)10-5-3-2-4-6-10/h2-3,7-10H,4-6,15H2,1H3,(H,16,17). The van der Waals surface area contributed by atoms with Gasteiger partial charge in [0.25, 0.3) is 0 Å². The van der Waals surface area contributed by atoms with Crippen molar-refractivity contribution >= 4 is 17.3 Å². The van der Waals surface area contributed by atoms with Gasteiger partial charge in [-0.2, -0.15) is 0 Å². The van der Waals surface area contributed by atoms with Crippen molar-refractivity contribution in [3.63, 3.8) is 0 Å². The SMILES string of the molecule is COc1ccc(N)c(NC(=O)C2CC=CCC2)c1. The average molecular weight is 246 g/mol. The Bertz CT molecular complexity index is 469. The average Bonchev–Trinajstić information content (AvgIpc) is 2.42. The summed E-state index contributed by atoms with van der Waals surface area (Å²) in [6, 6.07) is 5.25. The van der Waals surface area contributed by atoms with E-state index in [0.29, 0.717) is 17.1 Å². The third-order valence-electron chi connectivity index (χ3n) is 3.16. The van der Waals surface area contributed by atoms with Gasteiger partial charge in [0.2, 0.25) is 5.91 Å². The Labute approximate surface area is 107 Å². The van der Waals surface area contributed by atoms with E-state index in [1.807, 2.05) is 0 Å². The summed E-state index contributed by atoms with van der Waals surface area (Å²) in [5.41, 5.74) is 7.01. The van der Waals surface area contributed by atoms with Gasteiger partial charge >= 0.3 is 0 Å². The van der Waals surface area contributed by atoms with Crippen LogP contribution in [0.2, 0.25) is 0 Å². The van der Waals surface area contributed by atoms with Gasteiger partial charge in [-0.15, -0.1) is 0 Å². The molecular formula is C14H18N2O2. The van der Waals surface area contributed by atoms with Crippen molar-refractivity contribution in [2.45, 2.75) is 19.3 Å². The number of rotatable bonds is 3. The number of ether oxygens (including phenoxy) is 1. The van der Waals surface area contributed by atoms with Crippen molar-refractivity contribution < 1.29 is 9.53 Å². The highest BCUT2D eigenvalue weighted by Gasteiger charge is 2.19. The molecular weight excluding hydrogens is 228 g/mol. The zero-order valence-electron chi connectivity index (χ0n) is 10.5. The van der Waals surface area contributed by atoms with Crippen molar-refractivity contribution in [1.29, 1.82) is 0 Å². The van der Waals surface area contributed by atoms with Crippen LogP contribution in [0.25, 0.3) is 0 Å². The lowest BCUT2D eigenvalue weighted by atomic mass is 9.93. The minimum absolute atomic E-state index is 0.0271. The summed E-state index contributed by atoms with van der Waals surface area (Å²) in [5, 5.41) is 2.88. The van der Waals surface area contributed by atoms with Crippen LogP contribution in [0, 0.1) is 5.92 Å². The van der Waals surface area contributed by atoms with E-state index in [0.717, 1.165) is 19.3 Å². The van der Waals surface area contributed by atoms with Crippen LogP contribution in [0.15, 0.2) is 30.4 Å². The molecule has 1 atom stereocenters. The third-order valence-corrected chi connectivity index (χ3v) is 3.16. The van der Waals surface area contributed by atoms with Gasteiger partial charge in [0.05, 0.1) is 18.5 Å². The Morgan fingerprint density at radius 3 is 2.94 bits per heavy atom. The number of carbonyl (C=O) groups is 1. The first-order valence-corrected chi connectivity index (χ1v) is 6.10. The van der Waals surface area contributed by atoms with Gasteiger partial charge < -0.3 is 15.8 Å². The zero-order chi connectivity index (χ0) is 13.0. The van der Waals surface area contributed by atoms with Crippen LogP contribution in [-0.2, 0) is 4.79 Å². The largest absolute Gasteiger partial charge is 0.497 e. The first-order chi connectivity index (χ1) is 8.70. The lowest BCUT2D eigenvalue weighted by Gasteiger charge is -2.18. The van der Waals surface area contributed by atoms with Crippen LogP contribution >= 0.6 is 0 Å². The van der Waals surface area contributed by atoms with Crippen LogP contribution in [-0.4, -0.2) is 13.0 Å².